The average molecular weight is 214 g/mol. The third-order valence-electron chi connectivity index (χ3n) is 2.32. The van der Waals surface area contributed by atoms with Gasteiger partial charge in [0.15, 0.2) is 5.79 Å². The Balaban J connectivity index is 2.55. The molecular formula is C11H18O4. The Labute approximate surface area is 90.2 Å². The molecule has 4 heteroatoms. The van der Waals surface area contributed by atoms with Gasteiger partial charge >= 0.3 is 5.97 Å². The quantitative estimate of drug-likeness (QED) is 0.516. The van der Waals surface area contributed by atoms with Crippen molar-refractivity contribution in [2.75, 3.05) is 20.3 Å². The Morgan fingerprint density at radius 3 is 2.27 bits per heavy atom. The molecule has 0 bridgehead atoms. The molecule has 0 amide bonds. The molecule has 0 aromatic rings. The zero-order chi connectivity index (χ0) is 11.5. The Kier molecular flexibility index (Phi) is 3.52. The Bertz CT molecular complexity index is 258. The summed E-state index contributed by atoms with van der Waals surface area (Å²) < 4.78 is 15.6. The summed E-state index contributed by atoms with van der Waals surface area (Å²) >= 11 is 0. The second kappa shape index (κ2) is 4.33. The van der Waals surface area contributed by atoms with Gasteiger partial charge in [0.2, 0.25) is 0 Å². The molecule has 4 nitrogen and oxygen atoms in total. The van der Waals surface area contributed by atoms with E-state index >= 15 is 0 Å². The van der Waals surface area contributed by atoms with Crippen LogP contribution in [0.25, 0.3) is 0 Å². The molecule has 1 aliphatic rings. The molecule has 0 spiro atoms. The largest absolute Gasteiger partial charge is 0.466 e. The van der Waals surface area contributed by atoms with E-state index in [9.17, 15) is 4.79 Å². The fourth-order valence-corrected chi connectivity index (χ4v) is 1.19. The maximum absolute atomic E-state index is 10.9. The third-order valence-corrected chi connectivity index (χ3v) is 2.32. The van der Waals surface area contributed by atoms with Gasteiger partial charge in [-0.2, -0.15) is 0 Å². The van der Waals surface area contributed by atoms with Crippen LogP contribution in [0.1, 0.15) is 20.8 Å². The van der Waals surface area contributed by atoms with E-state index in [2.05, 4.69) is 4.74 Å². The van der Waals surface area contributed by atoms with Gasteiger partial charge in [0.1, 0.15) is 0 Å². The van der Waals surface area contributed by atoms with Gasteiger partial charge in [-0.3, -0.25) is 0 Å². The van der Waals surface area contributed by atoms with Crippen LogP contribution in [0.15, 0.2) is 12.2 Å². The van der Waals surface area contributed by atoms with Crippen LogP contribution in [-0.4, -0.2) is 32.1 Å². The van der Waals surface area contributed by atoms with Crippen LogP contribution in [-0.2, 0) is 19.0 Å². The second-order valence-corrected chi connectivity index (χ2v) is 4.49. The van der Waals surface area contributed by atoms with E-state index in [0.29, 0.717) is 13.2 Å². The third kappa shape index (κ3) is 3.64. The molecule has 0 radical (unpaired) electrons. The topological polar surface area (TPSA) is 44.8 Å². The lowest BCUT2D eigenvalue weighted by atomic mass is 9.91. The lowest BCUT2D eigenvalue weighted by molar-refractivity contribution is -0.273. The van der Waals surface area contributed by atoms with Crippen molar-refractivity contribution in [3.8, 4) is 0 Å². The number of esters is 1. The molecule has 86 valence electrons. The first-order chi connectivity index (χ1) is 6.87. The smallest absolute Gasteiger partial charge is 0.330 e. The van der Waals surface area contributed by atoms with Crippen LogP contribution in [0.2, 0.25) is 0 Å². The van der Waals surface area contributed by atoms with Crippen molar-refractivity contribution in [1.82, 2.24) is 0 Å². The summed E-state index contributed by atoms with van der Waals surface area (Å²) in [6.45, 7) is 6.79. The average Bonchev–Trinajstić information content (AvgIpc) is 2.20. The number of hydrogen-bond acceptors (Lipinski definition) is 4. The summed E-state index contributed by atoms with van der Waals surface area (Å²) in [6, 6.07) is 0. The summed E-state index contributed by atoms with van der Waals surface area (Å²) in [6.07, 6.45) is 3.18. The zero-order valence-electron chi connectivity index (χ0n) is 9.70. The van der Waals surface area contributed by atoms with E-state index in [0.717, 1.165) is 0 Å². The molecule has 0 saturated carbocycles. The fraction of sp³-hybridized carbons (Fsp3) is 0.727. The van der Waals surface area contributed by atoms with Crippen molar-refractivity contribution < 1.29 is 19.0 Å². The first-order valence-electron chi connectivity index (χ1n) is 4.92. The van der Waals surface area contributed by atoms with Gasteiger partial charge in [0.05, 0.1) is 20.3 Å². The normalized spacial score (nSPS) is 24.0. The van der Waals surface area contributed by atoms with Gasteiger partial charge in [-0.05, 0) is 13.8 Å². The van der Waals surface area contributed by atoms with E-state index in [1.54, 1.807) is 6.08 Å². The van der Waals surface area contributed by atoms with Crippen molar-refractivity contribution in [3.05, 3.63) is 12.2 Å². The number of carbonyl (C=O) groups excluding carboxylic acids is 1. The summed E-state index contributed by atoms with van der Waals surface area (Å²) in [5.41, 5.74) is -0.260. The van der Waals surface area contributed by atoms with E-state index in [1.165, 1.54) is 13.2 Å². The van der Waals surface area contributed by atoms with Crippen LogP contribution >= 0.6 is 0 Å². The minimum Gasteiger partial charge on any atom is -0.466 e. The molecule has 0 atom stereocenters. The summed E-state index contributed by atoms with van der Waals surface area (Å²) in [5.74, 6) is -0.889. The van der Waals surface area contributed by atoms with Crippen LogP contribution in [0.5, 0.6) is 0 Å². The second-order valence-electron chi connectivity index (χ2n) is 4.49. The maximum atomic E-state index is 10.9. The van der Waals surface area contributed by atoms with Crippen LogP contribution < -0.4 is 0 Å². The minimum absolute atomic E-state index is 0.260. The van der Waals surface area contributed by atoms with Gasteiger partial charge in [-0.15, -0.1) is 0 Å². The molecule has 0 N–H and O–H groups in total. The van der Waals surface area contributed by atoms with E-state index in [-0.39, 0.29) is 11.4 Å². The molecular weight excluding hydrogens is 196 g/mol. The van der Waals surface area contributed by atoms with Crippen LogP contribution in [0.3, 0.4) is 0 Å². The van der Waals surface area contributed by atoms with Gasteiger partial charge < -0.3 is 14.2 Å². The standard InChI is InChI=1S/C11H18O4/c1-10(2)14-7-11(3,8-15-10)6-5-9(12)13-4/h5-6H,7-8H2,1-4H3/b6-5+. The highest BCUT2D eigenvalue weighted by atomic mass is 16.7. The van der Waals surface area contributed by atoms with Gasteiger partial charge in [-0.1, -0.05) is 13.0 Å². The molecule has 1 fully saturated rings. The number of hydrogen-bond donors (Lipinski definition) is 0. The first kappa shape index (κ1) is 12.2. The van der Waals surface area contributed by atoms with E-state index in [1.807, 2.05) is 20.8 Å². The van der Waals surface area contributed by atoms with Crippen molar-refractivity contribution in [3.63, 3.8) is 0 Å². The number of rotatable bonds is 2. The van der Waals surface area contributed by atoms with Crippen molar-refractivity contribution in [1.29, 1.82) is 0 Å². The molecule has 1 heterocycles. The summed E-state index contributed by atoms with van der Waals surface area (Å²) in [5, 5.41) is 0. The molecule has 15 heavy (non-hydrogen) atoms. The van der Waals surface area contributed by atoms with Crippen LogP contribution in [0.4, 0.5) is 0 Å². The highest BCUT2D eigenvalue weighted by Gasteiger charge is 2.34. The molecule has 1 rings (SSSR count). The van der Waals surface area contributed by atoms with Crippen molar-refractivity contribution >= 4 is 5.97 Å². The maximum Gasteiger partial charge on any atom is 0.330 e. The van der Waals surface area contributed by atoms with E-state index < -0.39 is 5.79 Å². The summed E-state index contributed by atoms with van der Waals surface area (Å²) in [7, 11) is 1.35. The van der Waals surface area contributed by atoms with E-state index in [4.69, 9.17) is 9.47 Å². The van der Waals surface area contributed by atoms with Crippen LogP contribution in [0, 0.1) is 5.41 Å². The highest BCUT2D eigenvalue weighted by Crippen LogP contribution is 2.30. The first-order valence-corrected chi connectivity index (χ1v) is 4.92. The molecule has 0 unspecified atom stereocenters. The molecule has 0 aromatic carbocycles. The Morgan fingerprint density at radius 2 is 1.80 bits per heavy atom. The SMILES string of the molecule is COC(=O)/C=C/C1(C)COC(C)(C)OC1. The number of carbonyl (C=O) groups is 1. The molecule has 0 aromatic heterocycles. The van der Waals surface area contributed by atoms with Crippen molar-refractivity contribution in [2.45, 2.75) is 26.6 Å². The molecule has 1 saturated heterocycles. The number of methoxy groups -OCH3 is 1. The molecule has 1 aliphatic heterocycles. The fourth-order valence-electron chi connectivity index (χ4n) is 1.19. The Morgan fingerprint density at radius 1 is 1.27 bits per heavy atom. The van der Waals surface area contributed by atoms with Crippen molar-refractivity contribution in [2.24, 2.45) is 5.41 Å². The lowest BCUT2D eigenvalue weighted by Gasteiger charge is -2.39. The predicted octanol–water partition coefficient (Wildman–Crippen LogP) is 1.50. The van der Waals surface area contributed by atoms with Gasteiger partial charge in [0.25, 0.3) is 0 Å². The lowest BCUT2D eigenvalue weighted by Crippen LogP contribution is -2.44. The monoisotopic (exact) mass is 214 g/mol. The van der Waals surface area contributed by atoms with Gasteiger partial charge in [0, 0.05) is 11.5 Å². The highest BCUT2D eigenvalue weighted by molar-refractivity contribution is 5.81. The Hall–Kier alpha value is -0.870. The zero-order valence-corrected chi connectivity index (χ0v) is 9.70. The van der Waals surface area contributed by atoms with Gasteiger partial charge in [-0.25, -0.2) is 4.79 Å². The predicted molar refractivity (Wildman–Crippen MR) is 55.2 cm³/mol. The number of ether oxygens (including phenoxy) is 3. The summed E-state index contributed by atoms with van der Waals surface area (Å²) in [4.78, 5) is 10.9. The molecule has 0 aliphatic carbocycles. The minimum atomic E-state index is -0.529.